The molecule has 0 saturated carbocycles. The average Bonchev–Trinajstić information content (AvgIpc) is 3.65. The molecular weight excluding hydrogens is 515 g/mol. The zero-order valence-electron chi connectivity index (χ0n) is 22.4. The molecule has 2 heterocycles. The van der Waals surface area contributed by atoms with E-state index in [0.717, 1.165) is 33.3 Å². The molecule has 41 heavy (non-hydrogen) atoms. The number of halogens is 1. The third-order valence-corrected chi connectivity index (χ3v) is 7.13. The van der Waals surface area contributed by atoms with Crippen molar-refractivity contribution >= 4 is 16.8 Å². The third kappa shape index (κ3) is 6.23. The number of nitrogens with zero attached hydrogens (tertiary/aromatic N) is 1. The van der Waals surface area contributed by atoms with E-state index in [2.05, 4.69) is 28.2 Å². The number of ether oxygens (including phenoxy) is 1. The predicted octanol–water partition coefficient (Wildman–Crippen LogP) is 8.05. The molecule has 6 aromatic rings. The van der Waals surface area contributed by atoms with Gasteiger partial charge in [-0.3, -0.25) is 4.79 Å². The lowest BCUT2D eigenvalue weighted by molar-refractivity contribution is -0.121. The van der Waals surface area contributed by atoms with Gasteiger partial charge in [-0.05, 0) is 71.3 Å². The summed E-state index contributed by atoms with van der Waals surface area (Å²) in [7, 11) is 0. The highest BCUT2D eigenvalue weighted by Crippen LogP contribution is 2.37. The zero-order chi connectivity index (χ0) is 28.0. The molecule has 5 nitrogen and oxygen atoms in total. The second-order valence-corrected chi connectivity index (χ2v) is 9.96. The molecule has 0 saturated heterocycles. The number of carbonyl (C=O) groups is 1. The summed E-state index contributed by atoms with van der Waals surface area (Å²) in [6, 6.07) is 35.9. The molecule has 6 heteroatoms. The molecule has 1 atom stereocenters. The Balaban J connectivity index is 1.37. The molecule has 4 aromatic carbocycles. The number of rotatable bonds is 10. The van der Waals surface area contributed by atoms with Crippen LogP contribution in [0.2, 0.25) is 0 Å². The van der Waals surface area contributed by atoms with Crippen molar-refractivity contribution < 1.29 is 18.3 Å². The van der Waals surface area contributed by atoms with Crippen LogP contribution >= 0.6 is 0 Å². The van der Waals surface area contributed by atoms with Gasteiger partial charge in [0.2, 0.25) is 5.91 Å². The first-order valence-electron chi connectivity index (χ1n) is 13.6. The van der Waals surface area contributed by atoms with Crippen molar-refractivity contribution in [3.8, 4) is 11.5 Å². The monoisotopic (exact) mass is 544 g/mol. The van der Waals surface area contributed by atoms with E-state index in [4.69, 9.17) is 9.15 Å². The molecule has 1 N–H and O–H groups in total. The Morgan fingerprint density at radius 3 is 2.44 bits per heavy atom. The summed E-state index contributed by atoms with van der Waals surface area (Å²) in [6.07, 6.45) is 3.95. The highest BCUT2D eigenvalue weighted by Gasteiger charge is 2.23. The number of amides is 1. The summed E-state index contributed by atoms with van der Waals surface area (Å²) in [6.45, 7) is 0.900. The fourth-order valence-corrected chi connectivity index (χ4v) is 5.15. The summed E-state index contributed by atoms with van der Waals surface area (Å²) in [4.78, 5) is 13.3. The number of benzene rings is 4. The van der Waals surface area contributed by atoms with Crippen molar-refractivity contribution in [3.05, 3.63) is 156 Å². The van der Waals surface area contributed by atoms with Gasteiger partial charge < -0.3 is 19.0 Å². The standard InChI is InChI=1S/C35H29FN2O3/c36-27-17-15-25(16-18-27)23-38-24-33(31-13-4-5-14-34(31)38)32(21-35(39)37-22-30-12-7-19-40-30)26-8-6-11-29(20-26)41-28-9-2-1-3-10-28/h1-20,24,32H,21-23H2,(H,37,39)/t32-/m0/s1. The molecule has 1 amide bonds. The van der Waals surface area contributed by atoms with Crippen LogP contribution in [0.25, 0.3) is 10.9 Å². The first-order valence-corrected chi connectivity index (χ1v) is 13.6. The highest BCUT2D eigenvalue weighted by atomic mass is 19.1. The van der Waals surface area contributed by atoms with Crippen LogP contribution in [0.15, 0.2) is 132 Å². The van der Waals surface area contributed by atoms with E-state index >= 15 is 0 Å². The molecule has 0 spiro atoms. The molecule has 0 fully saturated rings. The summed E-state index contributed by atoms with van der Waals surface area (Å²) < 4.78 is 27.3. The molecule has 0 aliphatic carbocycles. The molecule has 0 bridgehead atoms. The number of nitrogens with one attached hydrogen (secondary N) is 1. The van der Waals surface area contributed by atoms with Crippen LogP contribution < -0.4 is 10.1 Å². The quantitative estimate of drug-likeness (QED) is 0.190. The maximum absolute atomic E-state index is 13.6. The minimum atomic E-state index is -0.259. The first kappa shape index (κ1) is 26.1. The number of hydrogen-bond acceptors (Lipinski definition) is 3. The molecule has 204 valence electrons. The third-order valence-electron chi connectivity index (χ3n) is 7.13. The molecular formula is C35H29FN2O3. The number of hydrogen-bond donors (Lipinski definition) is 1. The molecule has 2 aromatic heterocycles. The van der Waals surface area contributed by atoms with Gasteiger partial charge in [0.05, 0.1) is 12.8 Å². The largest absolute Gasteiger partial charge is 0.467 e. The van der Waals surface area contributed by atoms with Gasteiger partial charge in [0.25, 0.3) is 0 Å². The van der Waals surface area contributed by atoms with Crippen LogP contribution in [0.3, 0.4) is 0 Å². The van der Waals surface area contributed by atoms with E-state index in [1.165, 1.54) is 12.1 Å². The van der Waals surface area contributed by atoms with Crippen LogP contribution in [0, 0.1) is 5.82 Å². The number of carbonyl (C=O) groups excluding carboxylic acids is 1. The number of aromatic nitrogens is 1. The Hall–Kier alpha value is -5.10. The minimum absolute atomic E-state index is 0.0869. The zero-order valence-corrected chi connectivity index (χ0v) is 22.4. The van der Waals surface area contributed by atoms with Crippen LogP contribution in [-0.4, -0.2) is 10.5 Å². The van der Waals surface area contributed by atoms with E-state index in [0.29, 0.717) is 24.6 Å². The van der Waals surface area contributed by atoms with E-state index in [1.54, 1.807) is 24.5 Å². The van der Waals surface area contributed by atoms with Crippen LogP contribution in [0.1, 0.15) is 34.8 Å². The lowest BCUT2D eigenvalue weighted by Gasteiger charge is -2.18. The Labute approximate surface area is 237 Å². The lowest BCUT2D eigenvalue weighted by atomic mass is 9.88. The van der Waals surface area contributed by atoms with Gasteiger partial charge in [0.15, 0.2) is 0 Å². The van der Waals surface area contributed by atoms with Crippen molar-refractivity contribution in [2.75, 3.05) is 0 Å². The van der Waals surface area contributed by atoms with Crippen molar-refractivity contribution in [2.45, 2.75) is 25.4 Å². The summed E-state index contributed by atoms with van der Waals surface area (Å²) >= 11 is 0. The molecule has 6 rings (SSSR count). The van der Waals surface area contributed by atoms with Gasteiger partial charge in [-0.1, -0.05) is 60.7 Å². The van der Waals surface area contributed by atoms with Crippen molar-refractivity contribution in [2.24, 2.45) is 0 Å². The maximum Gasteiger partial charge on any atom is 0.221 e. The Kier molecular flexibility index (Phi) is 7.63. The summed E-state index contributed by atoms with van der Waals surface area (Å²) in [5, 5.41) is 4.07. The van der Waals surface area contributed by atoms with Crippen molar-refractivity contribution in [1.82, 2.24) is 9.88 Å². The van der Waals surface area contributed by atoms with Gasteiger partial charge >= 0.3 is 0 Å². The molecule has 0 radical (unpaired) electrons. The molecule has 0 aliphatic rings. The van der Waals surface area contributed by atoms with Gasteiger partial charge in [0, 0.05) is 36.0 Å². The first-order chi connectivity index (χ1) is 20.1. The molecule has 0 unspecified atom stereocenters. The van der Waals surface area contributed by atoms with E-state index in [-0.39, 0.29) is 24.1 Å². The second-order valence-electron chi connectivity index (χ2n) is 9.96. The van der Waals surface area contributed by atoms with Gasteiger partial charge in [-0.15, -0.1) is 0 Å². The van der Waals surface area contributed by atoms with Crippen molar-refractivity contribution in [3.63, 3.8) is 0 Å². The summed E-state index contributed by atoms with van der Waals surface area (Å²) in [5.41, 5.74) is 4.04. The smallest absolute Gasteiger partial charge is 0.221 e. The second kappa shape index (κ2) is 12.0. The summed E-state index contributed by atoms with van der Waals surface area (Å²) in [5.74, 6) is 1.55. The van der Waals surface area contributed by atoms with Gasteiger partial charge in [-0.2, -0.15) is 0 Å². The highest BCUT2D eigenvalue weighted by molar-refractivity contribution is 5.87. The van der Waals surface area contributed by atoms with Crippen LogP contribution in [0.4, 0.5) is 4.39 Å². The minimum Gasteiger partial charge on any atom is -0.467 e. The fourth-order valence-electron chi connectivity index (χ4n) is 5.15. The van der Waals surface area contributed by atoms with E-state index in [1.807, 2.05) is 72.8 Å². The number of fused-ring (bicyclic) bond motifs is 1. The normalized spacial score (nSPS) is 11.8. The topological polar surface area (TPSA) is 56.4 Å². The van der Waals surface area contributed by atoms with E-state index < -0.39 is 0 Å². The van der Waals surface area contributed by atoms with Crippen molar-refractivity contribution in [1.29, 1.82) is 0 Å². The van der Waals surface area contributed by atoms with Crippen LogP contribution in [-0.2, 0) is 17.9 Å². The SMILES string of the molecule is O=C(C[C@@H](c1cccc(Oc2ccccc2)c1)c1cn(Cc2ccc(F)cc2)c2ccccc12)NCc1ccco1. The maximum atomic E-state index is 13.6. The Morgan fingerprint density at radius 2 is 1.63 bits per heavy atom. The number of furan rings is 1. The molecule has 0 aliphatic heterocycles. The van der Waals surface area contributed by atoms with E-state index in [9.17, 15) is 9.18 Å². The fraction of sp³-hybridized carbons (Fsp3) is 0.114. The Morgan fingerprint density at radius 1 is 0.854 bits per heavy atom. The Bertz CT molecular complexity index is 1740. The lowest BCUT2D eigenvalue weighted by Crippen LogP contribution is -2.24. The van der Waals surface area contributed by atoms with Gasteiger partial charge in [0.1, 0.15) is 23.1 Å². The van der Waals surface area contributed by atoms with Crippen LogP contribution in [0.5, 0.6) is 11.5 Å². The van der Waals surface area contributed by atoms with Gasteiger partial charge in [-0.25, -0.2) is 4.39 Å². The number of para-hydroxylation sites is 2. The average molecular weight is 545 g/mol. The predicted molar refractivity (Wildman–Crippen MR) is 157 cm³/mol.